The van der Waals surface area contributed by atoms with Crippen molar-refractivity contribution in [3.63, 3.8) is 0 Å². The summed E-state index contributed by atoms with van der Waals surface area (Å²) in [7, 11) is 0. The van der Waals surface area contributed by atoms with Crippen LogP contribution >= 0.6 is 12.2 Å². The quantitative estimate of drug-likeness (QED) is 0.570. The lowest BCUT2D eigenvalue weighted by Gasteiger charge is -2.22. The fourth-order valence-corrected chi connectivity index (χ4v) is 2.03. The number of likely N-dealkylation sites (tertiary alicyclic amines) is 1. The third-order valence-electron chi connectivity index (χ3n) is 2.94. The first-order valence-electron chi connectivity index (χ1n) is 5.01. The number of hydrogen-bond acceptors (Lipinski definition) is 3. The van der Waals surface area contributed by atoms with Gasteiger partial charge in [0.05, 0.1) is 4.99 Å². The van der Waals surface area contributed by atoms with Crippen LogP contribution in [-0.2, 0) is 9.59 Å². The first-order chi connectivity index (χ1) is 6.86. The van der Waals surface area contributed by atoms with E-state index in [1.165, 1.54) is 4.90 Å². The SMILES string of the molecule is CC1C(=O)N(C(C)CC(N)=S)C(=O)C1C. The second-order valence-corrected chi connectivity index (χ2v) is 4.67. The van der Waals surface area contributed by atoms with E-state index in [2.05, 4.69) is 0 Å². The Morgan fingerprint density at radius 2 is 1.80 bits per heavy atom. The molecule has 0 saturated carbocycles. The lowest BCUT2D eigenvalue weighted by Crippen LogP contribution is -2.40. The van der Waals surface area contributed by atoms with Crippen LogP contribution in [0.4, 0.5) is 0 Å². The number of carbonyl (C=O) groups excluding carboxylic acids is 2. The standard InChI is InChI=1S/C10H16N2O2S/c1-5(4-8(11)15)12-9(13)6(2)7(3)10(12)14/h5-7H,4H2,1-3H3,(H2,11,15). The molecule has 0 spiro atoms. The Morgan fingerprint density at radius 3 is 2.13 bits per heavy atom. The van der Waals surface area contributed by atoms with Crippen LogP contribution in [0, 0.1) is 11.8 Å². The average Bonchev–Trinajstić information content (AvgIpc) is 2.30. The maximum absolute atomic E-state index is 11.8. The maximum Gasteiger partial charge on any atom is 0.233 e. The van der Waals surface area contributed by atoms with Gasteiger partial charge >= 0.3 is 0 Å². The highest BCUT2D eigenvalue weighted by atomic mass is 32.1. The van der Waals surface area contributed by atoms with Gasteiger partial charge in [-0.2, -0.15) is 0 Å². The van der Waals surface area contributed by atoms with E-state index >= 15 is 0 Å². The maximum atomic E-state index is 11.8. The molecular weight excluding hydrogens is 212 g/mol. The summed E-state index contributed by atoms with van der Waals surface area (Å²) in [5.41, 5.74) is 5.40. The molecule has 0 radical (unpaired) electrons. The van der Waals surface area contributed by atoms with Crippen molar-refractivity contribution in [3.8, 4) is 0 Å². The third-order valence-corrected chi connectivity index (χ3v) is 3.11. The lowest BCUT2D eigenvalue weighted by atomic mass is 10.00. The molecule has 15 heavy (non-hydrogen) atoms. The van der Waals surface area contributed by atoms with E-state index in [9.17, 15) is 9.59 Å². The van der Waals surface area contributed by atoms with Crippen LogP contribution in [0.25, 0.3) is 0 Å². The third kappa shape index (κ3) is 2.17. The Labute approximate surface area is 94.8 Å². The van der Waals surface area contributed by atoms with Crippen molar-refractivity contribution in [2.45, 2.75) is 33.2 Å². The van der Waals surface area contributed by atoms with Crippen molar-refractivity contribution in [3.05, 3.63) is 0 Å². The second kappa shape index (κ2) is 4.26. The highest BCUT2D eigenvalue weighted by Crippen LogP contribution is 2.27. The summed E-state index contributed by atoms with van der Waals surface area (Å²) in [6.07, 6.45) is 0.395. The van der Waals surface area contributed by atoms with E-state index < -0.39 is 0 Å². The molecule has 5 heteroatoms. The molecule has 1 heterocycles. The minimum absolute atomic E-state index is 0.115. The van der Waals surface area contributed by atoms with Gasteiger partial charge < -0.3 is 5.73 Å². The largest absolute Gasteiger partial charge is 0.393 e. The van der Waals surface area contributed by atoms with Crippen molar-refractivity contribution < 1.29 is 9.59 Å². The van der Waals surface area contributed by atoms with Gasteiger partial charge in [-0.1, -0.05) is 26.1 Å². The monoisotopic (exact) mass is 228 g/mol. The Balaban J connectivity index is 2.82. The summed E-state index contributed by atoms with van der Waals surface area (Å²) in [6, 6.07) is -0.227. The molecule has 1 rings (SSSR count). The number of amides is 2. The highest BCUT2D eigenvalue weighted by Gasteiger charge is 2.44. The second-order valence-electron chi connectivity index (χ2n) is 4.14. The van der Waals surface area contributed by atoms with Crippen molar-refractivity contribution in [2.24, 2.45) is 17.6 Å². The van der Waals surface area contributed by atoms with Gasteiger partial charge in [0.25, 0.3) is 0 Å². The number of imide groups is 1. The molecule has 3 atom stereocenters. The zero-order valence-corrected chi connectivity index (χ0v) is 10.0. The van der Waals surface area contributed by atoms with Gasteiger partial charge in [-0.15, -0.1) is 0 Å². The summed E-state index contributed by atoms with van der Waals surface area (Å²) in [6.45, 7) is 5.34. The van der Waals surface area contributed by atoms with Crippen LogP contribution in [0.3, 0.4) is 0 Å². The summed E-state index contributed by atoms with van der Waals surface area (Å²) < 4.78 is 0. The van der Waals surface area contributed by atoms with E-state index in [0.717, 1.165) is 0 Å². The summed E-state index contributed by atoms with van der Waals surface area (Å²) >= 11 is 4.77. The lowest BCUT2D eigenvalue weighted by molar-refractivity contribution is -0.141. The molecule has 3 unspecified atom stereocenters. The van der Waals surface area contributed by atoms with Crippen LogP contribution in [0.5, 0.6) is 0 Å². The first kappa shape index (κ1) is 12.1. The van der Waals surface area contributed by atoms with Gasteiger partial charge in [0, 0.05) is 24.3 Å². The summed E-state index contributed by atoms with van der Waals surface area (Å²) in [4.78, 5) is 25.2. The smallest absolute Gasteiger partial charge is 0.233 e. The van der Waals surface area contributed by atoms with Crippen LogP contribution in [0.15, 0.2) is 0 Å². The van der Waals surface area contributed by atoms with E-state index in [1.54, 1.807) is 20.8 Å². The molecule has 0 aromatic rings. The molecule has 0 aliphatic carbocycles. The number of rotatable bonds is 3. The Kier molecular flexibility index (Phi) is 3.44. The molecule has 2 amide bonds. The molecule has 1 fully saturated rings. The molecule has 84 valence electrons. The van der Waals surface area contributed by atoms with Gasteiger partial charge in [0.1, 0.15) is 0 Å². The van der Waals surface area contributed by atoms with E-state index in [-0.39, 0.29) is 29.7 Å². The summed E-state index contributed by atoms with van der Waals surface area (Å²) in [5.74, 6) is -0.690. The number of thiocarbonyl (C=S) groups is 1. The molecule has 1 aliphatic heterocycles. The van der Waals surface area contributed by atoms with Gasteiger partial charge in [-0.25, -0.2) is 0 Å². The fraction of sp³-hybridized carbons (Fsp3) is 0.700. The van der Waals surface area contributed by atoms with Crippen LogP contribution < -0.4 is 5.73 Å². The van der Waals surface area contributed by atoms with Crippen molar-refractivity contribution in [2.75, 3.05) is 0 Å². The van der Waals surface area contributed by atoms with E-state index in [0.29, 0.717) is 11.4 Å². The highest BCUT2D eigenvalue weighted by molar-refractivity contribution is 7.80. The number of nitrogens with zero attached hydrogens (tertiary/aromatic N) is 1. The minimum Gasteiger partial charge on any atom is -0.393 e. The van der Waals surface area contributed by atoms with Crippen molar-refractivity contribution in [1.82, 2.24) is 4.90 Å². The van der Waals surface area contributed by atoms with Crippen LogP contribution in [-0.4, -0.2) is 27.7 Å². The molecule has 4 nitrogen and oxygen atoms in total. The molecule has 0 aromatic heterocycles. The predicted octanol–water partition coefficient (Wildman–Crippen LogP) is 0.692. The minimum atomic E-state index is -0.230. The summed E-state index contributed by atoms with van der Waals surface area (Å²) in [5, 5.41) is 0. The predicted molar refractivity (Wildman–Crippen MR) is 61.0 cm³/mol. The molecule has 0 bridgehead atoms. The average molecular weight is 228 g/mol. The Morgan fingerprint density at radius 1 is 1.40 bits per heavy atom. The molecule has 1 saturated heterocycles. The zero-order valence-electron chi connectivity index (χ0n) is 9.19. The van der Waals surface area contributed by atoms with Gasteiger partial charge in [0.2, 0.25) is 11.8 Å². The number of carbonyl (C=O) groups is 2. The molecule has 0 aromatic carbocycles. The van der Waals surface area contributed by atoms with E-state index in [4.69, 9.17) is 18.0 Å². The number of nitrogens with two attached hydrogens (primary N) is 1. The normalized spacial score (nSPS) is 28.3. The fourth-order valence-electron chi connectivity index (χ4n) is 1.79. The van der Waals surface area contributed by atoms with Crippen molar-refractivity contribution >= 4 is 29.0 Å². The molecular formula is C10H16N2O2S. The first-order valence-corrected chi connectivity index (χ1v) is 5.42. The Hall–Kier alpha value is -0.970. The topological polar surface area (TPSA) is 63.4 Å². The van der Waals surface area contributed by atoms with Crippen LogP contribution in [0.2, 0.25) is 0 Å². The zero-order chi connectivity index (χ0) is 11.7. The Bertz CT molecular complexity index is 297. The molecule has 1 aliphatic rings. The van der Waals surface area contributed by atoms with Crippen LogP contribution in [0.1, 0.15) is 27.2 Å². The van der Waals surface area contributed by atoms with E-state index in [1.807, 2.05) is 0 Å². The van der Waals surface area contributed by atoms with Gasteiger partial charge in [-0.3, -0.25) is 14.5 Å². The van der Waals surface area contributed by atoms with Gasteiger partial charge in [0.15, 0.2) is 0 Å². The van der Waals surface area contributed by atoms with Crippen molar-refractivity contribution in [1.29, 1.82) is 0 Å². The van der Waals surface area contributed by atoms with Gasteiger partial charge in [-0.05, 0) is 6.92 Å². The molecule has 2 N–H and O–H groups in total. The number of hydrogen-bond donors (Lipinski definition) is 1.